The fraction of sp³-hybridized carbons (Fsp3) is 0. The Morgan fingerprint density at radius 3 is 1.57 bits per heavy atom. The van der Waals surface area contributed by atoms with E-state index in [2.05, 4.69) is 217 Å². The van der Waals surface area contributed by atoms with Crippen molar-refractivity contribution in [2.45, 2.75) is 0 Å². The monoisotopic (exact) mass is 739 g/mol. The van der Waals surface area contributed by atoms with Gasteiger partial charge < -0.3 is 9.32 Å². The Bertz CT molecular complexity index is 3250. The van der Waals surface area contributed by atoms with Crippen LogP contribution in [0.5, 0.6) is 0 Å². The highest BCUT2D eigenvalue weighted by molar-refractivity contribution is 6.12. The van der Waals surface area contributed by atoms with Crippen LogP contribution in [0, 0.1) is 0 Å². The molecular formula is C56H37NO. The number of benzene rings is 10. The molecule has 0 atom stereocenters. The second-order valence-corrected chi connectivity index (χ2v) is 14.9. The van der Waals surface area contributed by atoms with Crippen LogP contribution in [0.1, 0.15) is 0 Å². The standard InChI is InChI=1S/C56H37NO/c1-2-11-38(12-3-1)39-21-23-40(24-22-39)41-25-31-45(32-26-41)57(54-19-8-6-15-49(54)44-30-36-56-53(37-44)52-16-7-9-20-55(52)58-56)46-33-27-43(28-34-46)48-17-10-18-50-47-14-5-4-13-42(47)29-35-51(48)50/h1-37H. The molecule has 0 fully saturated rings. The molecule has 0 unspecified atom stereocenters. The van der Waals surface area contributed by atoms with Crippen LogP contribution in [0.3, 0.4) is 0 Å². The van der Waals surface area contributed by atoms with E-state index in [4.69, 9.17) is 4.42 Å². The molecule has 2 nitrogen and oxygen atoms in total. The Balaban J connectivity index is 1.02. The first-order valence-electron chi connectivity index (χ1n) is 19.8. The molecule has 0 bridgehead atoms. The van der Waals surface area contributed by atoms with Gasteiger partial charge in [0.2, 0.25) is 0 Å². The van der Waals surface area contributed by atoms with Crippen LogP contribution in [0.2, 0.25) is 0 Å². The molecule has 58 heavy (non-hydrogen) atoms. The highest BCUT2D eigenvalue weighted by Gasteiger charge is 2.19. The van der Waals surface area contributed by atoms with Gasteiger partial charge >= 0.3 is 0 Å². The van der Waals surface area contributed by atoms with E-state index in [1.54, 1.807) is 0 Å². The Morgan fingerprint density at radius 1 is 0.276 bits per heavy atom. The normalized spacial score (nSPS) is 11.4. The topological polar surface area (TPSA) is 16.4 Å². The quantitative estimate of drug-likeness (QED) is 0.151. The molecule has 0 amide bonds. The van der Waals surface area contributed by atoms with Crippen LogP contribution in [0.25, 0.3) is 88.0 Å². The van der Waals surface area contributed by atoms with Crippen molar-refractivity contribution >= 4 is 60.5 Å². The molecule has 0 saturated heterocycles. The predicted octanol–water partition coefficient (Wildman–Crippen LogP) is 16.0. The fourth-order valence-corrected chi connectivity index (χ4v) is 8.60. The Labute approximate surface area is 337 Å². The predicted molar refractivity (Wildman–Crippen MR) is 245 cm³/mol. The van der Waals surface area contributed by atoms with Crippen LogP contribution in [0.15, 0.2) is 229 Å². The number of nitrogens with zero attached hydrogens (tertiary/aromatic N) is 1. The molecule has 11 aromatic rings. The zero-order chi connectivity index (χ0) is 38.4. The maximum atomic E-state index is 6.22. The minimum absolute atomic E-state index is 0.892. The number of fused-ring (bicyclic) bond motifs is 6. The molecule has 11 rings (SSSR count). The summed E-state index contributed by atoms with van der Waals surface area (Å²) in [6, 6.07) is 80.7. The second-order valence-electron chi connectivity index (χ2n) is 14.9. The van der Waals surface area contributed by atoms with Crippen molar-refractivity contribution in [1.29, 1.82) is 0 Å². The minimum Gasteiger partial charge on any atom is -0.456 e. The lowest BCUT2D eigenvalue weighted by atomic mass is 9.94. The Morgan fingerprint density at radius 2 is 0.810 bits per heavy atom. The molecular weight excluding hydrogens is 703 g/mol. The molecule has 272 valence electrons. The van der Waals surface area contributed by atoms with E-state index in [1.165, 1.54) is 54.9 Å². The molecule has 2 heteroatoms. The largest absolute Gasteiger partial charge is 0.456 e. The van der Waals surface area contributed by atoms with E-state index in [1.807, 2.05) is 12.1 Å². The van der Waals surface area contributed by atoms with Crippen LogP contribution in [-0.4, -0.2) is 0 Å². The van der Waals surface area contributed by atoms with Crippen molar-refractivity contribution in [3.8, 4) is 44.5 Å². The molecule has 0 saturated carbocycles. The number of rotatable bonds is 7. The third-order valence-electron chi connectivity index (χ3n) is 11.5. The summed E-state index contributed by atoms with van der Waals surface area (Å²) < 4.78 is 6.22. The molecule has 1 aromatic heterocycles. The summed E-state index contributed by atoms with van der Waals surface area (Å²) in [5, 5.41) is 7.30. The van der Waals surface area contributed by atoms with Crippen molar-refractivity contribution in [3.05, 3.63) is 224 Å². The lowest BCUT2D eigenvalue weighted by molar-refractivity contribution is 0.669. The summed E-state index contributed by atoms with van der Waals surface area (Å²) in [6.07, 6.45) is 0. The highest BCUT2D eigenvalue weighted by Crippen LogP contribution is 2.44. The minimum atomic E-state index is 0.892. The second kappa shape index (κ2) is 14.1. The number of anilines is 3. The van der Waals surface area contributed by atoms with E-state index in [0.29, 0.717) is 0 Å². The van der Waals surface area contributed by atoms with Crippen molar-refractivity contribution in [3.63, 3.8) is 0 Å². The first kappa shape index (κ1) is 33.6. The number of furan rings is 1. The average Bonchev–Trinajstić information content (AvgIpc) is 3.68. The van der Waals surface area contributed by atoms with Gasteiger partial charge in [-0.15, -0.1) is 0 Å². The third kappa shape index (κ3) is 5.91. The van der Waals surface area contributed by atoms with Gasteiger partial charge in [0.15, 0.2) is 0 Å². The van der Waals surface area contributed by atoms with Gasteiger partial charge in [-0.3, -0.25) is 0 Å². The average molecular weight is 740 g/mol. The summed E-state index contributed by atoms with van der Waals surface area (Å²) in [5.41, 5.74) is 14.5. The van der Waals surface area contributed by atoms with Crippen LogP contribution < -0.4 is 4.90 Å². The van der Waals surface area contributed by atoms with Gasteiger partial charge in [0, 0.05) is 27.7 Å². The van der Waals surface area contributed by atoms with Gasteiger partial charge in [0.05, 0.1) is 5.69 Å². The van der Waals surface area contributed by atoms with Gasteiger partial charge in [0.25, 0.3) is 0 Å². The highest BCUT2D eigenvalue weighted by atomic mass is 16.3. The molecule has 0 aliphatic carbocycles. The van der Waals surface area contributed by atoms with Crippen molar-refractivity contribution in [2.24, 2.45) is 0 Å². The fourth-order valence-electron chi connectivity index (χ4n) is 8.60. The van der Waals surface area contributed by atoms with E-state index in [9.17, 15) is 0 Å². The lowest BCUT2D eigenvalue weighted by Gasteiger charge is -2.28. The van der Waals surface area contributed by atoms with Crippen molar-refractivity contribution < 1.29 is 4.42 Å². The summed E-state index contributed by atoms with van der Waals surface area (Å²) in [4.78, 5) is 2.38. The number of hydrogen-bond acceptors (Lipinski definition) is 2. The maximum Gasteiger partial charge on any atom is 0.135 e. The molecule has 1 heterocycles. The maximum absolute atomic E-state index is 6.22. The first-order chi connectivity index (χ1) is 28.7. The van der Waals surface area contributed by atoms with E-state index < -0.39 is 0 Å². The van der Waals surface area contributed by atoms with Gasteiger partial charge in [-0.25, -0.2) is 0 Å². The van der Waals surface area contributed by atoms with Gasteiger partial charge in [-0.05, 0) is 109 Å². The van der Waals surface area contributed by atoms with Gasteiger partial charge in [-0.2, -0.15) is 0 Å². The number of para-hydroxylation sites is 2. The van der Waals surface area contributed by atoms with Crippen molar-refractivity contribution in [1.82, 2.24) is 0 Å². The molecule has 0 aliphatic rings. The summed E-state index contributed by atoms with van der Waals surface area (Å²) in [5.74, 6) is 0. The van der Waals surface area contributed by atoms with Crippen molar-refractivity contribution in [2.75, 3.05) is 4.90 Å². The molecule has 0 spiro atoms. The van der Waals surface area contributed by atoms with Gasteiger partial charge in [0.1, 0.15) is 11.2 Å². The van der Waals surface area contributed by atoms with E-state index in [-0.39, 0.29) is 0 Å². The summed E-state index contributed by atoms with van der Waals surface area (Å²) >= 11 is 0. The zero-order valence-electron chi connectivity index (χ0n) is 31.7. The SMILES string of the molecule is c1ccc(-c2ccc(-c3ccc(N(c4ccc(-c5cccc6c5ccc5ccccc56)cc4)c4ccccc4-c4ccc5oc6ccccc6c5c4)cc3)cc2)cc1. The summed E-state index contributed by atoms with van der Waals surface area (Å²) in [7, 11) is 0. The van der Waals surface area contributed by atoms with E-state index >= 15 is 0 Å². The Kier molecular flexibility index (Phi) is 8.19. The lowest BCUT2D eigenvalue weighted by Crippen LogP contribution is -2.11. The molecule has 0 radical (unpaired) electrons. The molecule has 0 N–H and O–H groups in total. The summed E-state index contributed by atoms with van der Waals surface area (Å²) in [6.45, 7) is 0. The van der Waals surface area contributed by atoms with E-state index in [0.717, 1.165) is 50.1 Å². The first-order valence-corrected chi connectivity index (χ1v) is 19.8. The van der Waals surface area contributed by atoms with Crippen LogP contribution in [-0.2, 0) is 0 Å². The smallest absolute Gasteiger partial charge is 0.135 e. The van der Waals surface area contributed by atoms with Gasteiger partial charge in [-0.1, -0.05) is 176 Å². The third-order valence-corrected chi connectivity index (χ3v) is 11.5. The Hall–Kier alpha value is -7.68. The van der Waals surface area contributed by atoms with Crippen LogP contribution in [0.4, 0.5) is 17.1 Å². The van der Waals surface area contributed by atoms with Crippen LogP contribution >= 0.6 is 0 Å². The zero-order valence-corrected chi connectivity index (χ0v) is 31.7. The molecule has 10 aromatic carbocycles. The number of hydrogen-bond donors (Lipinski definition) is 0. The molecule has 0 aliphatic heterocycles.